The lowest BCUT2D eigenvalue weighted by molar-refractivity contribution is 0.364. The highest BCUT2D eigenvalue weighted by Crippen LogP contribution is 2.39. The number of hydrogen-bond acceptors (Lipinski definition) is 0. The first-order chi connectivity index (χ1) is 18.9. The molecule has 0 bridgehead atoms. The molecule has 0 unspecified atom stereocenters. The van der Waals surface area contributed by atoms with Crippen molar-refractivity contribution in [2.75, 3.05) is 0 Å². The van der Waals surface area contributed by atoms with E-state index < -0.39 is 23.3 Å². The molecule has 1 fully saturated rings. The quantitative estimate of drug-likeness (QED) is 0.123. The largest absolute Gasteiger partial charge is 0.203 e. The molecule has 0 N–H and O–H groups in total. The third kappa shape index (κ3) is 7.01. The highest BCUT2D eigenvalue weighted by molar-refractivity contribution is 5.71. The summed E-state index contributed by atoms with van der Waals surface area (Å²) in [7, 11) is 0. The molecule has 0 radical (unpaired) electrons. The van der Waals surface area contributed by atoms with Crippen molar-refractivity contribution in [1.29, 1.82) is 0 Å². The molecule has 0 amide bonds. The highest BCUT2D eigenvalue weighted by atomic mass is 19.2. The van der Waals surface area contributed by atoms with Crippen LogP contribution in [0.15, 0.2) is 61.2 Å². The third-order valence-electron chi connectivity index (χ3n) is 8.38. The van der Waals surface area contributed by atoms with Crippen LogP contribution in [0.2, 0.25) is 0 Å². The monoisotopic (exact) mass is 536 g/mol. The number of hydrogen-bond donors (Lipinski definition) is 0. The van der Waals surface area contributed by atoms with Gasteiger partial charge in [-0.2, -0.15) is 0 Å². The maximum absolute atomic E-state index is 15.1. The molecular weight excluding hydrogens is 496 g/mol. The van der Waals surface area contributed by atoms with Gasteiger partial charge < -0.3 is 0 Å². The first-order valence-electron chi connectivity index (χ1n) is 14.6. The van der Waals surface area contributed by atoms with E-state index in [-0.39, 0.29) is 17.0 Å². The normalized spacial score (nSPS) is 17.4. The van der Waals surface area contributed by atoms with Gasteiger partial charge in [-0.3, -0.25) is 0 Å². The molecule has 0 aliphatic heterocycles. The number of aryl methyl sites for hydroxylation is 1. The minimum absolute atomic E-state index is 0.0127. The molecule has 0 heterocycles. The minimum Gasteiger partial charge on any atom is -0.203 e. The van der Waals surface area contributed by atoms with Crippen LogP contribution >= 0.6 is 0 Å². The lowest BCUT2D eigenvalue weighted by atomic mass is 9.78. The summed E-state index contributed by atoms with van der Waals surface area (Å²) in [4.78, 5) is 0. The van der Waals surface area contributed by atoms with Crippen molar-refractivity contribution in [3.63, 3.8) is 0 Å². The Kier molecular flexibility index (Phi) is 10.4. The Morgan fingerprint density at radius 2 is 1.18 bits per heavy atom. The zero-order chi connectivity index (χ0) is 27.8. The zero-order valence-corrected chi connectivity index (χ0v) is 23.1. The van der Waals surface area contributed by atoms with Crippen molar-refractivity contribution in [3.8, 4) is 22.3 Å². The van der Waals surface area contributed by atoms with Gasteiger partial charge in [0.2, 0.25) is 0 Å². The van der Waals surface area contributed by atoms with Crippen molar-refractivity contribution in [3.05, 3.63) is 95.6 Å². The summed E-state index contributed by atoms with van der Waals surface area (Å²) < 4.78 is 60.0. The number of halogens is 4. The molecule has 3 aromatic rings. The van der Waals surface area contributed by atoms with Gasteiger partial charge in [-0.05, 0) is 72.6 Å². The highest BCUT2D eigenvalue weighted by Gasteiger charge is 2.25. The average molecular weight is 537 g/mol. The van der Waals surface area contributed by atoms with Gasteiger partial charge in [0.05, 0.1) is 0 Å². The molecule has 0 atom stereocenters. The van der Waals surface area contributed by atoms with Crippen LogP contribution < -0.4 is 0 Å². The average Bonchev–Trinajstić information content (AvgIpc) is 2.96. The second kappa shape index (κ2) is 14.0. The maximum atomic E-state index is 15.1. The topological polar surface area (TPSA) is 0 Å². The zero-order valence-electron chi connectivity index (χ0n) is 23.1. The van der Waals surface area contributed by atoms with Crippen LogP contribution in [0.3, 0.4) is 0 Å². The summed E-state index contributed by atoms with van der Waals surface area (Å²) in [5.74, 6) is -2.85. The predicted octanol–water partition coefficient (Wildman–Crippen LogP) is 11.3. The molecule has 208 valence electrons. The van der Waals surface area contributed by atoms with E-state index in [4.69, 9.17) is 0 Å². The van der Waals surface area contributed by atoms with Crippen LogP contribution in [-0.2, 0) is 6.42 Å². The van der Waals surface area contributed by atoms with Crippen LogP contribution in [0.1, 0.15) is 94.6 Å². The van der Waals surface area contributed by atoms with Crippen molar-refractivity contribution < 1.29 is 17.6 Å². The predicted molar refractivity (Wildman–Crippen MR) is 154 cm³/mol. The van der Waals surface area contributed by atoms with E-state index in [1.165, 1.54) is 25.7 Å². The molecule has 1 aliphatic carbocycles. The Bertz CT molecular complexity index is 1240. The summed E-state index contributed by atoms with van der Waals surface area (Å²) in [6.45, 7) is 6.03. The lowest BCUT2D eigenvalue weighted by Crippen LogP contribution is -2.13. The van der Waals surface area contributed by atoms with Crippen LogP contribution in [-0.4, -0.2) is 0 Å². The summed E-state index contributed by atoms with van der Waals surface area (Å²) in [5, 5.41) is 0. The molecule has 0 aromatic heterocycles. The number of rotatable bonds is 12. The van der Waals surface area contributed by atoms with E-state index in [9.17, 15) is 8.78 Å². The van der Waals surface area contributed by atoms with Gasteiger partial charge in [0.15, 0.2) is 23.3 Å². The van der Waals surface area contributed by atoms with E-state index in [0.29, 0.717) is 34.6 Å². The van der Waals surface area contributed by atoms with Crippen molar-refractivity contribution in [2.24, 2.45) is 5.92 Å². The molecule has 1 saturated carbocycles. The lowest BCUT2D eigenvalue weighted by Gasteiger charge is -2.27. The van der Waals surface area contributed by atoms with Gasteiger partial charge in [-0.25, -0.2) is 17.6 Å². The summed E-state index contributed by atoms with van der Waals surface area (Å²) in [6.07, 6.45) is 13.9. The van der Waals surface area contributed by atoms with E-state index in [2.05, 4.69) is 13.5 Å². The van der Waals surface area contributed by atoms with Crippen LogP contribution in [0.5, 0.6) is 0 Å². The first-order valence-corrected chi connectivity index (χ1v) is 14.6. The molecular formula is C35H40F4. The Labute approximate surface area is 231 Å². The fourth-order valence-electron chi connectivity index (χ4n) is 5.88. The Morgan fingerprint density at radius 1 is 0.641 bits per heavy atom. The van der Waals surface area contributed by atoms with Gasteiger partial charge in [-0.15, -0.1) is 6.58 Å². The smallest absolute Gasteiger partial charge is 0.166 e. The van der Waals surface area contributed by atoms with Crippen molar-refractivity contribution in [1.82, 2.24) is 0 Å². The third-order valence-corrected chi connectivity index (χ3v) is 8.38. The summed E-state index contributed by atoms with van der Waals surface area (Å²) >= 11 is 0. The second-order valence-corrected chi connectivity index (χ2v) is 11.0. The van der Waals surface area contributed by atoms with Crippen LogP contribution in [0.25, 0.3) is 22.3 Å². The van der Waals surface area contributed by atoms with E-state index in [1.54, 1.807) is 48.5 Å². The summed E-state index contributed by atoms with van der Waals surface area (Å²) in [5.41, 5.74) is 2.16. The maximum Gasteiger partial charge on any atom is 0.166 e. The molecule has 0 nitrogen and oxygen atoms in total. The molecule has 39 heavy (non-hydrogen) atoms. The Hall–Kier alpha value is -2.88. The van der Waals surface area contributed by atoms with Gasteiger partial charge >= 0.3 is 0 Å². The Balaban J connectivity index is 1.43. The van der Waals surface area contributed by atoms with Crippen molar-refractivity contribution >= 4 is 0 Å². The van der Waals surface area contributed by atoms with Crippen molar-refractivity contribution in [2.45, 2.75) is 89.9 Å². The second-order valence-electron chi connectivity index (χ2n) is 11.0. The molecule has 0 saturated heterocycles. The molecule has 0 spiro atoms. The molecule has 4 heteroatoms. The number of benzene rings is 3. The number of allylic oxidation sites excluding steroid dienone is 1. The first kappa shape index (κ1) is 29.1. The van der Waals surface area contributed by atoms with Crippen LogP contribution in [0.4, 0.5) is 17.6 Å². The van der Waals surface area contributed by atoms with Gasteiger partial charge in [0.1, 0.15) is 0 Å². The Morgan fingerprint density at radius 3 is 1.77 bits per heavy atom. The SMILES string of the molecule is C=CC1CCC(c2ccc(-c3ccc(-c4ccc(CCCCCCCCC)c(F)c4F)cc3)c(F)c2F)CC1. The van der Waals surface area contributed by atoms with E-state index >= 15 is 8.78 Å². The van der Waals surface area contributed by atoms with E-state index in [0.717, 1.165) is 44.9 Å². The fraction of sp³-hybridized carbons (Fsp3) is 0.429. The standard InChI is InChI=1S/C35H40F4/c1-3-5-6-7-8-9-10-11-28-20-21-29(33(37)32(28)36)26-16-18-27(19-17-26)31-23-22-30(34(38)35(31)39)25-14-12-24(4-2)13-15-25/h4,16-25H,2-3,5-15H2,1H3. The minimum atomic E-state index is -0.865. The van der Waals surface area contributed by atoms with Gasteiger partial charge in [-0.1, -0.05) is 100 Å². The van der Waals surface area contributed by atoms with E-state index in [1.807, 2.05) is 6.08 Å². The van der Waals surface area contributed by atoms with Gasteiger partial charge in [0.25, 0.3) is 0 Å². The van der Waals surface area contributed by atoms with Crippen LogP contribution in [0, 0.1) is 29.2 Å². The molecule has 4 rings (SSSR count). The van der Waals surface area contributed by atoms with Gasteiger partial charge in [0, 0.05) is 11.1 Å². The fourth-order valence-corrected chi connectivity index (χ4v) is 5.88. The molecule has 1 aliphatic rings. The summed E-state index contributed by atoms with van der Waals surface area (Å²) in [6, 6.07) is 13.1. The number of unbranched alkanes of at least 4 members (excludes halogenated alkanes) is 6. The molecule has 3 aromatic carbocycles.